The number of aromatic nitrogens is 1. The summed E-state index contributed by atoms with van der Waals surface area (Å²) in [4.78, 5) is 14.5. The molecule has 1 saturated carbocycles. The quantitative estimate of drug-likeness (QED) is 0.878. The lowest BCUT2D eigenvalue weighted by Crippen LogP contribution is -2.43. The average Bonchev–Trinajstić information content (AvgIpc) is 2.60. The molecule has 1 aliphatic carbocycles. The number of aryl methyl sites for hydroxylation is 1. The van der Waals surface area contributed by atoms with Crippen LogP contribution >= 0.6 is 0 Å². The van der Waals surface area contributed by atoms with E-state index in [1.807, 2.05) is 0 Å². The summed E-state index contributed by atoms with van der Waals surface area (Å²) in [6.07, 6.45) is 6.39. The number of hydrogen-bond acceptors (Lipinski definition) is 3. The van der Waals surface area contributed by atoms with Gasteiger partial charge in [-0.15, -0.1) is 0 Å². The number of halogens is 1. The predicted octanol–water partition coefficient (Wildman–Crippen LogP) is 4.04. The average molecular weight is 346 g/mol. The van der Waals surface area contributed by atoms with Crippen LogP contribution in [0.4, 0.5) is 4.39 Å². The fourth-order valence-electron chi connectivity index (χ4n) is 4.18. The van der Waals surface area contributed by atoms with E-state index in [1.54, 1.807) is 19.2 Å². The first-order valence-electron chi connectivity index (χ1n) is 9.10. The molecule has 5 heteroatoms. The van der Waals surface area contributed by atoms with E-state index in [4.69, 9.17) is 10.5 Å². The molecule has 3 N–H and O–H groups in total. The van der Waals surface area contributed by atoms with Crippen LogP contribution in [0.3, 0.4) is 0 Å². The molecule has 0 amide bonds. The predicted molar refractivity (Wildman–Crippen MR) is 98.5 cm³/mol. The van der Waals surface area contributed by atoms with Gasteiger partial charge in [-0.25, -0.2) is 4.39 Å². The molecule has 1 fully saturated rings. The second kappa shape index (κ2) is 6.79. The molecule has 0 spiro atoms. The molecule has 1 aromatic carbocycles. The maximum atomic E-state index is 14.6. The molecule has 1 aromatic heterocycles. The van der Waals surface area contributed by atoms with Crippen molar-refractivity contribution in [2.45, 2.75) is 65.0 Å². The van der Waals surface area contributed by atoms with E-state index in [0.29, 0.717) is 10.9 Å². The molecule has 25 heavy (non-hydrogen) atoms. The van der Waals surface area contributed by atoms with Gasteiger partial charge in [-0.2, -0.15) is 0 Å². The number of rotatable bonds is 4. The van der Waals surface area contributed by atoms with Gasteiger partial charge in [0, 0.05) is 17.8 Å². The molecule has 1 aliphatic rings. The Morgan fingerprint density at radius 2 is 2.08 bits per heavy atom. The van der Waals surface area contributed by atoms with Gasteiger partial charge < -0.3 is 15.5 Å². The van der Waals surface area contributed by atoms with Crippen LogP contribution < -0.4 is 16.0 Å². The monoisotopic (exact) mass is 346 g/mol. The number of ether oxygens (including phenoxy) is 1. The van der Waals surface area contributed by atoms with Crippen LogP contribution in [-0.2, 0) is 0 Å². The maximum Gasteiger partial charge on any atom is 0.255 e. The Kier molecular flexibility index (Phi) is 4.87. The van der Waals surface area contributed by atoms with Crippen molar-refractivity contribution in [2.75, 3.05) is 0 Å². The van der Waals surface area contributed by atoms with Crippen LogP contribution in [-0.4, -0.2) is 17.1 Å². The van der Waals surface area contributed by atoms with E-state index in [0.717, 1.165) is 37.5 Å². The number of nitrogens with two attached hydrogens (primary N) is 1. The molecular weight excluding hydrogens is 319 g/mol. The normalized spacial score (nSPS) is 25.1. The molecule has 0 radical (unpaired) electrons. The van der Waals surface area contributed by atoms with E-state index < -0.39 is 5.82 Å². The Bertz CT molecular complexity index is 820. The molecule has 0 aliphatic heterocycles. The number of pyridine rings is 1. The first kappa shape index (κ1) is 17.9. The smallest absolute Gasteiger partial charge is 0.255 e. The van der Waals surface area contributed by atoms with Gasteiger partial charge in [0.2, 0.25) is 0 Å². The Morgan fingerprint density at radius 1 is 1.40 bits per heavy atom. The molecule has 1 atom stereocenters. The summed E-state index contributed by atoms with van der Waals surface area (Å²) in [6, 6.07) is 3.22. The highest BCUT2D eigenvalue weighted by molar-refractivity contribution is 5.86. The van der Waals surface area contributed by atoms with Gasteiger partial charge in [-0.05, 0) is 68.9 Å². The van der Waals surface area contributed by atoms with Crippen molar-refractivity contribution in [3.63, 3.8) is 0 Å². The van der Waals surface area contributed by atoms with Crippen molar-refractivity contribution in [2.24, 2.45) is 11.1 Å². The summed E-state index contributed by atoms with van der Waals surface area (Å²) in [5, 5.41) is 1.09. The lowest BCUT2D eigenvalue weighted by Gasteiger charge is -2.42. The fourth-order valence-corrected chi connectivity index (χ4v) is 4.18. The Balaban J connectivity index is 1.84. The SMILES string of the molecule is CC[C@]1([C@@H](C)N)CC[C@H](Oc2c(F)cc3c(=O)[nH]ccc3c2C)CC1. The standard InChI is InChI=1S/C20H27FN2O2/c1-4-20(13(3)22)8-5-14(6-9-20)25-18-12(2)15-7-10-23-19(24)16(15)11-17(18)21/h7,10-11,13-14H,4-6,8-9,22H2,1-3H3,(H,23,24)/t13-,14-,20-/m1/s1. The highest BCUT2D eigenvalue weighted by atomic mass is 19.1. The first-order valence-corrected chi connectivity index (χ1v) is 9.10. The van der Waals surface area contributed by atoms with Crippen molar-refractivity contribution in [1.29, 1.82) is 0 Å². The summed E-state index contributed by atoms with van der Waals surface area (Å²) >= 11 is 0. The Hall–Kier alpha value is -1.88. The molecule has 0 saturated heterocycles. The highest BCUT2D eigenvalue weighted by Crippen LogP contribution is 2.43. The summed E-state index contributed by atoms with van der Waals surface area (Å²) < 4.78 is 20.6. The summed E-state index contributed by atoms with van der Waals surface area (Å²) in [6.45, 7) is 6.08. The van der Waals surface area contributed by atoms with Gasteiger partial charge >= 0.3 is 0 Å². The van der Waals surface area contributed by atoms with Crippen molar-refractivity contribution in [3.8, 4) is 5.75 Å². The molecule has 4 nitrogen and oxygen atoms in total. The second-order valence-corrected chi connectivity index (χ2v) is 7.40. The van der Waals surface area contributed by atoms with Crippen molar-refractivity contribution >= 4 is 10.8 Å². The summed E-state index contributed by atoms with van der Waals surface area (Å²) in [5.74, 6) is -0.200. The van der Waals surface area contributed by atoms with E-state index >= 15 is 0 Å². The fraction of sp³-hybridized carbons (Fsp3) is 0.550. The topological polar surface area (TPSA) is 68.1 Å². The van der Waals surface area contributed by atoms with Crippen molar-refractivity contribution in [1.82, 2.24) is 4.98 Å². The minimum Gasteiger partial charge on any atom is -0.487 e. The van der Waals surface area contributed by atoms with E-state index in [1.165, 1.54) is 6.07 Å². The van der Waals surface area contributed by atoms with Gasteiger partial charge in [0.15, 0.2) is 11.6 Å². The molecule has 3 rings (SSSR count). The third kappa shape index (κ3) is 3.17. The van der Waals surface area contributed by atoms with Crippen LogP contribution in [0, 0.1) is 18.2 Å². The lowest BCUT2D eigenvalue weighted by molar-refractivity contribution is 0.0594. The van der Waals surface area contributed by atoms with Crippen LogP contribution in [0.1, 0.15) is 51.5 Å². The van der Waals surface area contributed by atoms with Crippen LogP contribution in [0.5, 0.6) is 5.75 Å². The van der Waals surface area contributed by atoms with Gasteiger partial charge in [0.1, 0.15) is 0 Å². The number of fused-ring (bicyclic) bond motifs is 1. The number of H-pyrrole nitrogens is 1. The maximum absolute atomic E-state index is 14.6. The van der Waals surface area contributed by atoms with Gasteiger partial charge in [0.05, 0.1) is 11.5 Å². The minimum atomic E-state index is -0.471. The van der Waals surface area contributed by atoms with E-state index in [2.05, 4.69) is 18.8 Å². The summed E-state index contributed by atoms with van der Waals surface area (Å²) in [5.41, 5.74) is 6.77. The Labute approximate surface area is 147 Å². The molecule has 0 unspecified atom stereocenters. The zero-order valence-corrected chi connectivity index (χ0v) is 15.2. The van der Waals surface area contributed by atoms with E-state index in [9.17, 15) is 9.18 Å². The second-order valence-electron chi connectivity index (χ2n) is 7.40. The highest BCUT2D eigenvalue weighted by Gasteiger charge is 2.37. The number of nitrogens with one attached hydrogen (secondary N) is 1. The van der Waals surface area contributed by atoms with Crippen molar-refractivity contribution in [3.05, 3.63) is 40.1 Å². The molecule has 2 aromatic rings. The minimum absolute atomic E-state index is 0.00827. The largest absolute Gasteiger partial charge is 0.487 e. The zero-order chi connectivity index (χ0) is 18.2. The molecular formula is C20H27FN2O2. The van der Waals surface area contributed by atoms with E-state index in [-0.39, 0.29) is 28.9 Å². The molecule has 136 valence electrons. The van der Waals surface area contributed by atoms with Crippen LogP contribution in [0.25, 0.3) is 10.8 Å². The summed E-state index contributed by atoms with van der Waals surface area (Å²) in [7, 11) is 0. The molecule has 0 bridgehead atoms. The third-order valence-corrected chi connectivity index (χ3v) is 6.11. The Morgan fingerprint density at radius 3 is 2.68 bits per heavy atom. The number of benzene rings is 1. The van der Waals surface area contributed by atoms with Gasteiger partial charge in [0.25, 0.3) is 5.56 Å². The third-order valence-electron chi connectivity index (χ3n) is 6.11. The lowest BCUT2D eigenvalue weighted by atomic mass is 9.67. The number of aromatic amines is 1. The van der Waals surface area contributed by atoms with Gasteiger partial charge in [-0.3, -0.25) is 4.79 Å². The molecule has 1 heterocycles. The van der Waals surface area contributed by atoms with Gasteiger partial charge in [-0.1, -0.05) is 6.92 Å². The van der Waals surface area contributed by atoms with Crippen LogP contribution in [0.15, 0.2) is 23.1 Å². The zero-order valence-electron chi connectivity index (χ0n) is 15.2. The number of hydrogen-bond donors (Lipinski definition) is 2. The first-order chi connectivity index (χ1) is 11.9. The van der Waals surface area contributed by atoms with Crippen molar-refractivity contribution < 1.29 is 9.13 Å². The van der Waals surface area contributed by atoms with Crippen LogP contribution in [0.2, 0.25) is 0 Å².